The van der Waals surface area contributed by atoms with Gasteiger partial charge in [-0.25, -0.2) is 0 Å². The van der Waals surface area contributed by atoms with Gasteiger partial charge >= 0.3 is 0 Å². The highest BCUT2D eigenvalue weighted by Gasteiger charge is 2.32. The van der Waals surface area contributed by atoms with Crippen LogP contribution in [0.1, 0.15) is 17.7 Å². The Hall–Kier alpha value is -0.420. The van der Waals surface area contributed by atoms with E-state index in [4.69, 9.17) is 0 Å². The summed E-state index contributed by atoms with van der Waals surface area (Å²) in [5.74, 6) is 0. The molecule has 0 amide bonds. The van der Waals surface area contributed by atoms with Gasteiger partial charge in [-0.15, -0.1) is 11.3 Å². The number of likely N-dealkylation sites (tertiary alicyclic amines) is 1. The molecule has 1 aliphatic rings. The van der Waals surface area contributed by atoms with E-state index >= 15 is 0 Å². The summed E-state index contributed by atoms with van der Waals surface area (Å²) in [6.45, 7) is 3.25. The zero-order chi connectivity index (χ0) is 11.4. The molecule has 16 heavy (non-hydrogen) atoms. The number of hydrogen-bond donors (Lipinski definition) is 2. The number of hydrogen-bond acceptors (Lipinski definition) is 4. The molecule has 1 aromatic heterocycles. The van der Waals surface area contributed by atoms with E-state index < -0.39 is 0 Å². The highest BCUT2D eigenvalue weighted by molar-refractivity contribution is 7.09. The molecule has 0 aromatic carbocycles. The molecule has 4 heteroatoms. The smallest absolute Gasteiger partial charge is 0.0614 e. The minimum absolute atomic E-state index is 0.0590. The molecule has 0 spiro atoms. The Morgan fingerprint density at radius 2 is 2.25 bits per heavy atom. The molecule has 2 N–H and O–H groups in total. The molecule has 1 aliphatic heterocycles. The standard InChI is InChI=1S/C12H20N2OS/c1-14-6-4-12(10-15,5-7-14)13-9-11-3-2-8-16-11/h2-3,8,13,15H,4-7,9-10H2,1H3. The lowest BCUT2D eigenvalue weighted by atomic mass is 9.88. The van der Waals surface area contributed by atoms with E-state index in [0.717, 1.165) is 32.5 Å². The highest BCUT2D eigenvalue weighted by atomic mass is 32.1. The van der Waals surface area contributed by atoms with Crippen molar-refractivity contribution in [2.45, 2.75) is 24.9 Å². The van der Waals surface area contributed by atoms with Crippen LogP contribution in [0.15, 0.2) is 17.5 Å². The Bertz CT molecular complexity index is 305. The van der Waals surface area contributed by atoms with Crippen molar-refractivity contribution in [2.24, 2.45) is 0 Å². The van der Waals surface area contributed by atoms with E-state index in [1.165, 1.54) is 4.88 Å². The molecule has 90 valence electrons. The van der Waals surface area contributed by atoms with Crippen molar-refractivity contribution in [3.8, 4) is 0 Å². The van der Waals surface area contributed by atoms with Crippen LogP contribution in [0.5, 0.6) is 0 Å². The highest BCUT2D eigenvalue weighted by Crippen LogP contribution is 2.22. The molecule has 1 saturated heterocycles. The molecule has 0 unspecified atom stereocenters. The first-order valence-corrected chi connectivity index (χ1v) is 6.69. The predicted molar refractivity (Wildman–Crippen MR) is 67.7 cm³/mol. The SMILES string of the molecule is CN1CCC(CO)(NCc2cccs2)CC1. The molecule has 0 atom stereocenters. The fraction of sp³-hybridized carbons (Fsp3) is 0.667. The summed E-state index contributed by atoms with van der Waals surface area (Å²) < 4.78 is 0. The molecule has 2 heterocycles. The minimum atomic E-state index is -0.0590. The summed E-state index contributed by atoms with van der Waals surface area (Å²) in [7, 11) is 2.14. The third-order valence-electron chi connectivity index (χ3n) is 3.46. The monoisotopic (exact) mass is 240 g/mol. The van der Waals surface area contributed by atoms with Gasteiger partial charge in [-0.05, 0) is 44.4 Å². The van der Waals surface area contributed by atoms with Crippen LogP contribution in [0.3, 0.4) is 0 Å². The number of piperidine rings is 1. The second-order valence-electron chi connectivity index (χ2n) is 4.67. The fourth-order valence-electron chi connectivity index (χ4n) is 2.13. The van der Waals surface area contributed by atoms with Crippen molar-refractivity contribution in [1.29, 1.82) is 0 Å². The normalized spacial score (nSPS) is 21.1. The van der Waals surface area contributed by atoms with Gasteiger partial charge in [0.15, 0.2) is 0 Å². The number of nitrogens with one attached hydrogen (secondary N) is 1. The Balaban J connectivity index is 1.89. The van der Waals surface area contributed by atoms with E-state index in [2.05, 4.69) is 34.8 Å². The van der Waals surface area contributed by atoms with Crippen molar-refractivity contribution < 1.29 is 5.11 Å². The number of aliphatic hydroxyl groups is 1. The van der Waals surface area contributed by atoms with Crippen LogP contribution >= 0.6 is 11.3 Å². The third-order valence-corrected chi connectivity index (χ3v) is 4.34. The summed E-state index contributed by atoms with van der Waals surface area (Å²) in [5.41, 5.74) is -0.0590. The van der Waals surface area contributed by atoms with Gasteiger partial charge in [0.25, 0.3) is 0 Å². The minimum Gasteiger partial charge on any atom is -0.394 e. The van der Waals surface area contributed by atoms with Gasteiger partial charge in [0.1, 0.15) is 0 Å². The second kappa shape index (κ2) is 5.27. The third kappa shape index (κ3) is 2.83. The molecule has 0 radical (unpaired) electrons. The zero-order valence-electron chi connectivity index (χ0n) is 9.78. The van der Waals surface area contributed by atoms with Crippen molar-refractivity contribution in [2.75, 3.05) is 26.7 Å². The first kappa shape index (κ1) is 12.0. The Labute approximate surface area is 101 Å². The summed E-state index contributed by atoms with van der Waals surface area (Å²) in [4.78, 5) is 3.66. The van der Waals surface area contributed by atoms with Crippen LogP contribution in [-0.2, 0) is 6.54 Å². The lowest BCUT2D eigenvalue weighted by Gasteiger charge is -2.40. The zero-order valence-corrected chi connectivity index (χ0v) is 10.6. The van der Waals surface area contributed by atoms with Crippen molar-refractivity contribution in [3.05, 3.63) is 22.4 Å². The predicted octanol–water partition coefficient (Wildman–Crippen LogP) is 1.29. The number of nitrogens with zero attached hydrogens (tertiary/aromatic N) is 1. The average Bonchev–Trinajstić information content (AvgIpc) is 2.82. The van der Waals surface area contributed by atoms with Crippen LogP contribution in [0, 0.1) is 0 Å². The van der Waals surface area contributed by atoms with E-state index in [9.17, 15) is 5.11 Å². The van der Waals surface area contributed by atoms with Crippen molar-refractivity contribution in [1.82, 2.24) is 10.2 Å². The van der Waals surface area contributed by atoms with Crippen molar-refractivity contribution >= 4 is 11.3 Å². The van der Waals surface area contributed by atoms with Gasteiger partial charge < -0.3 is 15.3 Å². The lowest BCUT2D eigenvalue weighted by Crippen LogP contribution is -2.54. The number of aliphatic hydroxyl groups excluding tert-OH is 1. The lowest BCUT2D eigenvalue weighted by molar-refractivity contribution is 0.0882. The van der Waals surface area contributed by atoms with Gasteiger partial charge in [0.2, 0.25) is 0 Å². The first-order valence-electron chi connectivity index (χ1n) is 5.81. The molecule has 1 aromatic rings. The molecule has 0 saturated carbocycles. The van der Waals surface area contributed by atoms with E-state index in [0.29, 0.717) is 0 Å². The van der Waals surface area contributed by atoms with E-state index in [1.807, 2.05) is 0 Å². The van der Waals surface area contributed by atoms with Gasteiger partial charge in [-0.1, -0.05) is 6.07 Å². The molecule has 0 bridgehead atoms. The molecular formula is C12H20N2OS. The number of rotatable bonds is 4. The van der Waals surface area contributed by atoms with Gasteiger partial charge in [-0.3, -0.25) is 0 Å². The quantitative estimate of drug-likeness (QED) is 0.832. The molecule has 0 aliphatic carbocycles. The second-order valence-corrected chi connectivity index (χ2v) is 5.71. The van der Waals surface area contributed by atoms with Crippen LogP contribution in [0.4, 0.5) is 0 Å². The Morgan fingerprint density at radius 3 is 2.81 bits per heavy atom. The molecular weight excluding hydrogens is 220 g/mol. The van der Waals surface area contributed by atoms with Gasteiger partial charge in [0, 0.05) is 17.0 Å². The van der Waals surface area contributed by atoms with Gasteiger partial charge in [0.05, 0.1) is 6.61 Å². The number of thiophene rings is 1. The van der Waals surface area contributed by atoms with Gasteiger partial charge in [-0.2, -0.15) is 0 Å². The maximum Gasteiger partial charge on any atom is 0.0614 e. The van der Waals surface area contributed by atoms with Crippen molar-refractivity contribution in [3.63, 3.8) is 0 Å². The average molecular weight is 240 g/mol. The fourth-order valence-corrected chi connectivity index (χ4v) is 2.77. The Kier molecular flexibility index (Phi) is 3.97. The molecule has 3 nitrogen and oxygen atoms in total. The summed E-state index contributed by atoms with van der Waals surface area (Å²) >= 11 is 1.77. The van der Waals surface area contributed by atoms with Crippen LogP contribution in [-0.4, -0.2) is 42.3 Å². The maximum absolute atomic E-state index is 9.58. The largest absolute Gasteiger partial charge is 0.394 e. The molecule has 1 fully saturated rings. The summed E-state index contributed by atoms with van der Waals surface area (Å²) in [6, 6.07) is 4.21. The van der Waals surface area contributed by atoms with Crippen LogP contribution in [0.2, 0.25) is 0 Å². The molecule has 2 rings (SSSR count). The topological polar surface area (TPSA) is 35.5 Å². The first-order chi connectivity index (χ1) is 7.74. The van der Waals surface area contributed by atoms with Crippen LogP contribution < -0.4 is 5.32 Å². The maximum atomic E-state index is 9.58. The Morgan fingerprint density at radius 1 is 1.50 bits per heavy atom. The van der Waals surface area contributed by atoms with Crippen LogP contribution in [0.25, 0.3) is 0 Å². The van der Waals surface area contributed by atoms with E-state index in [1.54, 1.807) is 11.3 Å². The summed E-state index contributed by atoms with van der Waals surface area (Å²) in [5, 5.41) is 15.2. The summed E-state index contributed by atoms with van der Waals surface area (Å²) in [6.07, 6.45) is 2.07. The van der Waals surface area contributed by atoms with E-state index in [-0.39, 0.29) is 12.1 Å².